The van der Waals surface area contributed by atoms with Crippen LogP contribution in [-0.2, 0) is 15.3 Å². The highest BCUT2D eigenvalue weighted by atomic mass is 35.5. The molecule has 0 bridgehead atoms. The van der Waals surface area contributed by atoms with Crippen molar-refractivity contribution in [3.63, 3.8) is 0 Å². The van der Waals surface area contributed by atoms with Crippen LogP contribution in [0.25, 0.3) is 0 Å². The number of hydrogen-bond acceptors (Lipinski definition) is 6. The van der Waals surface area contributed by atoms with Crippen molar-refractivity contribution in [1.29, 1.82) is 0 Å². The Bertz CT molecular complexity index is 1050. The number of hydrogen-bond donors (Lipinski definition) is 0. The molecule has 0 atom stereocenters. The van der Waals surface area contributed by atoms with E-state index in [1.54, 1.807) is 0 Å². The molecule has 1 aromatic carbocycles. The van der Waals surface area contributed by atoms with E-state index in [1.807, 2.05) is 50.1 Å². The zero-order valence-electron chi connectivity index (χ0n) is 14.8. The summed E-state index contributed by atoms with van der Waals surface area (Å²) in [7, 11) is -1.76. The van der Waals surface area contributed by atoms with Gasteiger partial charge in [-0.2, -0.15) is 0 Å². The molecule has 26 heavy (non-hydrogen) atoms. The van der Waals surface area contributed by atoms with Crippen LogP contribution in [-0.4, -0.2) is 37.5 Å². The fraction of sp³-hybridized carbons (Fsp3) is 0.278. The summed E-state index contributed by atoms with van der Waals surface area (Å²) in [6.45, 7) is 4.05. The molecule has 0 fully saturated rings. The Balaban J connectivity index is 2.08. The molecule has 0 N–H and O–H groups in total. The van der Waals surface area contributed by atoms with Gasteiger partial charge < -0.3 is 4.90 Å². The van der Waals surface area contributed by atoms with Gasteiger partial charge in [-0.05, 0) is 11.6 Å². The first-order valence-electron chi connectivity index (χ1n) is 7.86. The highest BCUT2D eigenvalue weighted by molar-refractivity contribution is 7.90. The van der Waals surface area contributed by atoms with Gasteiger partial charge in [-0.15, -0.1) is 0 Å². The van der Waals surface area contributed by atoms with Gasteiger partial charge in [0.15, 0.2) is 0 Å². The summed E-state index contributed by atoms with van der Waals surface area (Å²) in [4.78, 5) is 22.3. The van der Waals surface area contributed by atoms with Crippen LogP contribution in [0.5, 0.6) is 0 Å². The Morgan fingerprint density at radius 3 is 2.54 bits per heavy atom. The van der Waals surface area contributed by atoms with Crippen LogP contribution in [0.2, 0.25) is 5.02 Å². The lowest BCUT2D eigenvalue weighted by molar-refractivity contribution is 0.104. The first-order valence-corrected chi connectivity index (χ1v) is 10.1. The molecule has 0 amide bonds. The lowest BCUT2D eigenvalue weighted by Gasteiger charge is -2.23. The molecular formula is C18H18ClN3O3S. The minimum atomic E-state index is -3.64. The predicted molar refractivity (Wildman–Crippen MR) is 100 cm³/mol. The Morgan fingerprint density at radius 1 is 1.27 bits per heavy atom. The quantitative estimate of drug-likeness (QED) is 0.454. The lowest BCUT2D eigenvalue weighted by Crippen LogP contribution is -2.24. The number of likely N-dealkylation sites (N-methyl/N-ethyl adjacent to an activating group) is 1. The average molecular weight is 392 g/mol. The summed E-state index contributed by atoms with van der Waals surface area (Å²) in [5.41, 5.74) is 2.38. The van der Waals surface area contributed by atoms with Gasteiger partial charge in [0, 0.05) is 36.2 Å². The van der Waals surface area contributed by atoms with E-state index in [9.17, 15) is 13.2 Å². The Hall–Kier alpha value is -2.25. The summed E-state index contributed by atoms with van der Waals surface area (Å²) in [6.07, 6.45) is 3.57. The molecule has 6 nitrogen and oxygen atoms in total. The van der Waals surface area contributed by atoms with E-state index in [4.69, 9.17) is 11.6 Å². The summed E-state index contributed by atoms with van der Waals surface area (Å²) in [6, 6.07) is 7.91. The van der Waals surface area contributed by atoms with Gasteiger partial charge in [0.05, 0.1) is 11.2 Å². The zero-order valence-corrected chi connectivity index (χ0v) is 16.4. The van der Waals surface area contributed by atoms with E-state index >= 15 is 0 Å². The molecular weight excluding hydrogens is 374 g/mol. The van der Waals surface area contributed by atoms with E-state index in [2.05, 4.69) is 9.97 Å². The standard InChI is InChI=1S/C18H18ClN3O3S/c1-18(2)11-7-5-6-8-13(11)22(3)15(18)9-14(23)16-12(19)10-20-17(21-16)26(4,24)25/h5-10H,1-4H3. The van der Waals surface area contributed by atoms with Crippen LogP contribution < -0.4 is 4.90 Å². The number of anilines is 1. The number of para-hydroxylation sites is 1. The third-order valence-electron chi connectivity index (χ3n) is 4.50. The van der Waals surface area contributed by atoms with Crippen molar-refractivity contribution in [2.45, 2.75) is 24.4 Å². The van der Waals surface area contributed by atoms with Gasteiger partial charge in [0.25, 0.3) is 0 Å². The summed E-state index contributed by atoms with van der Waals surface area (Å²) >= 11 is 6.04. The highest BCUT2D eigenvalue weighted by Gasteiger charge is 2.38. The largest absolute Gasteiger partial charge is 0.347 e. The summed E-state index contributed by atoms with van der Waals surface area (Å²) in [5.74, 6) is -0.468. The van der Waals surface area contributed by atoms with E-state index in [0.29, 0.717) is 0 Å². The number of carbonyl (C=O) groups excluding carboxylic acids is 1. The molecule has 1 aliphatic heterocycles. The van der Waals surface area contributed by atoms with Crippen LogP contribution in [0.4, 0.5) is 5.69 Å². The molecule has 0 unspecified atom stereocenters. The number of ketones is 1. The minimum absolute atomic E-state index is 0.00946. The second-order valence-corrected chi connectivity index (χ2v) is 9.03. The van der Waals surface area contributed by atoms with E-state index in [-0.39, 0.29) is 16.1 Å². The second-order valence-electron chi connectivity index (χ2n) is 6.72. The molecule has 136 valence electrons. The number of carbonyl (C=O) groups is 1. The van der Waals surface area contributed by atoms with Crippen molar-refractivity contribution >= 4 is 32.9 Å². The fourth-order valence-electron chi connectivity index (χ4n) is 3.15. The summed E-state index contributed by atoms with van der Waals surface area (Å²) in [5, 5.41) is -0.416. The summed E-state index contributed by atoms with van der Waals surface area (Å²) < 4.78 is 23.3. The van der Waals surface area contributed by atoms with Gasteiger partial charge in [-0.3, -0.25) is 4.79 Å². The molecule has 0 spiro atoms. The minimum Gasteiger partial charge on any atom is -0.347 e. The third kappa shape index (κ3) is 3.01. The number of allylic oxidation sites excluding steroid dienone is 2. The monoisotopic (exact) mass is 391 g/mol. The van der Waals surface area contributed by atoms with Gasteiger partial charge in [0.1, 0.15) is 5.69 Å². The molecule has 2 aromatic rings. The molecule has 0 aliphatic carbocycles. The normalized spacial score (nSPS) is 17.4. The number of nitrogens with zero attached hydrogens (tertiary/aromatic N) is 3. The number of aromatic nitrogens is 2. The smallest absolute Gasteiger partial charge is 0.247 e. The van der Waals surface area contributed by atoms with Crippen LogP contribution in [0, 0.1) is 0 Å². The zero-order chi connectivity index (χ0) is 19.3. The fourth-order valence-corrected chi connectivity index (χ4v) is 3.84. The second kappa shape index (κ2) is 6.17. The van der Waals surface area contributed by atoms with Crippen LogP contribution in [0.1, 0.15) is 29.9 Å². The number of halogens is 1. The topological polar surface area (TPSA) is 80.2 Å². The Morgan fingerprint density at radius 2 is 1.92 bits per heavy atom. The van der Waals surface area contributed by atoms with Crippen molar-refractivity contribution in [2.24, 2.45) is 0 Å². The third-order valence-corrected chi connectivity index (χ3v) is 5.63. The highest BCUT2D eigenvalue weighted by Crippen LogP contribution is 2.46. The Kier molecular flexibility index (Phi) is 4.40. The van der Waals surface area contributed by atoms with Crippen molar-refractivity contribution in [3.8, 4) is 0 Å². The van der Waals surface area contributed by atoms with Crippen molar-refractivity contribution in [1.82, 2.24) is 9.97 Å². The van der Waals surface area contributed by atoms with Gasteiger partial charge in [-0.25, -0.2) is 18.4 Å². The molecule has 8 heteroatoms. The van der Waals surface area contributed by atoms with Crippen LogP contribution in [0.3, 0.4) is 0 Å². The first-order chi connectivity index (χ1) is 12.0. The lowest BCUT2D eigenvalue weighted by atomic mass is 9.83. The maximum Gasteiger partial charge on any atom is 0.247 e. The SMILES string of the molecule is CN1C(=CC(=O)c2nc(S(C)(=O)=O)ncc2Cl)C(C)(C)c2ccccc21. The van der Waals surface area contributed by atoms with Crippen molar-refractivity contribution < 1.29 is 13.2 Å². The first kappa shape index (κ1) is 18.5. The van der Waals surface area contributed by atoms with Crippen LogP contribution in [0.15, 0.2) is 47.4 Å². The van der Waals surface area contributed by atoms with Crippen LogP contribution >= 0.6 is 11.6 Å². The van der Waals surface area contributed by atoms with E-state index in [0.717, 1.165) is 29.4 Å². The van der Waals surface area contributed by atoms with E-state index < -0.39 is 20.8 Å². The maximum absolute atomic E-state index is 12.8. The van der Waals surface area contributed by atoms with E-state index in [1.165, 1.54) is 6.08 Å². The average Bonchev–Trinajstić information content (AvgIpc) is 2.75. The number of fused-ring (bicyclic) bond motifs is 1. The van der Waals surface area contributed by atoms with Gasteiger partial charge in [-0.1, -0.05) is 43.6 Å². The maximum atomic E-state index is 12.8. The predicted octanol–water partition coefficient (Wildman–Crippen LogP) is 3.03. The molecule has 1 aliphatic rings. The Labute approximate surface area is 157 Å². The molecule has 0 saturated heterocycles. The van der Waals surface area contributed by atoms with Crippen molar-refractivity contribution in [3.05, 3.63) is 58.5 Å². The molecule has 0 radical (unpaired) electrons. The molecule has 3 rings (SSSR count). The molecule has 1 aromatic heterocycles. The van der Waals surface area contributed by atoms with Gasteiger partial charge in [0.2, 0.25) is 20.8 Å². The number of benzene rings is 1. The molecule has 0 saturated carbocycles. The van der Waals surface area contributed by atoms with Crippen molar-refractivity contribution in [2.75, 3.05) is 18.2 Å². The number of rotatable bonds is 3. The van der Waals surface area contributed by atoms with Gasteiger partial charge >= 0.3 is 0 Å². The molecule has 2 heterocycles. The number of sulfone groups is 1.